The lowest BCUT2D eigenvalue weighted by Gasteiger charge is -2.14. The molecule has 5 heteroatoms. The summed E-state index contributed by atoms with van der Waals surface area (Å²) in [5.41, 5.74) is 1.18. The van der Waals surface area contributed by atoms with E-state index in [4.69, 9.17) is 5.11 Å². The Hall–Kier alpha value is -2.32. The van der Waals surface area contributed by atoms with Gasteiger partial charge in [-0.25, -0.2) is 0 Å². The second-order valence-electron chi connectivity index (χ2n) is 4.13. The Morgan fingerprint density at radius 3 is 2.50 bits per heavy atom. The first-order valence-electron chi connectivity index (χ1n) is 6.30. The molecule has 1 aromatic rings. The van der Waals surface area contributed by atoms with Crippen molar-refractivity contribution < 1.29 is 14.7 Å². The zero-order valence-electron chi connectivity index (χ0n) is 11.6. The highest BCUT2D eigenvalue weighted by atomic mass is 16.2. The normalized spacial score (nSPS) is 9.35. The maximum Gasteiger partial charge on any atom is 0.251 e. The van der Waals surface area contributed by atoms with Gasteiger partial charge in [-0.05, 0) is 31.2 Å². The number of nitrogens with one attached hydrogen (secondary N) is 1. The fourth-order valence-electron chi connectivity index (χ4n) is 1.42. The minimum Gasteiger partial charge on any atom is -0.384 e. The third-order valence-corrected chi connectivity index (χ3v) is 2.76. The van der Waals surface area contributed by atoms with Crippen LogP contribution in [0.15, 0.2) is 24.3 Å². The van der Waals surface area contributed by atoms with Crippen molar-refractivity contribution in [3.8, 4) is 11.8 Å². The van der Waals surface area contributed by atoms with Crippen LogP contribution >= 0.6 is 0 Å². The summed E-state index contributed by atoms with van der Waals surface area (Å²) in [6.45, 7) is 2.25. The summed E-state index contributed by atoms with van der Waals surface area (Å²) in [5.74, 6) is 4.83. The molecule has 0 heterocycles. The Bertz CT molecular complexity index is 526. The lowest BCUT2D eigenvalue weighted by Crippen LogP contribution is -2.37. The van der Waals surface area contributed by atoms with Gasteiger partial charge in [0, 0.05) is 24.7 Å². The van der Waals surface area contributed by atoms with E-state index in [0.717, 1.165) is 5.56 Å². The van der Waals surface area contributed by atoms with Gasteiger partial charge in [0.05, 0.1) is 6.54 Å². The SMILES string of the molecule is CCN(C)C(=O)CNC(=O)c1ccc(C#CCO)cc1. The molecular weight excluding hydrogens is 256 g/mol. The molecule has 0 aliphatic carbocycles. The molecule has 1 rings (SSSR count). The van der Waals surface area contributed by atoms with Crippen LogP contribution in [0.25, 0.3) is 0 Å². The summed E-state index contributed by atoms with van der Waals surface area (Å²) >= 11 is 0. The molecule has 20 heavy (non-hydrogen) atoms. The zero-order chi connectivity index (χ0) is 15.0. The molecule has 1 aromatic carbocycles. The Balaban J connectivity index is 2.58. The van der Waals surface area contributed by atoms with Crippen molar-refractivity contribution in [1.82, 2.24) is 10.2 Å². The van der Waals surface area contributed by atoms with Gasteiger partial charge in [-0.2, -0.15) is 0 Å². The Morgan fingerprint density at radius 2 is 1.95 bits per heavy atom. The van der Waals surface area contributed by atoms with E-state index in [2.05, 4.69) is 17.2 Å². The summed E-state index contributed by atoms with van der Waals surface area (Å²) in [5, 5.41) is 11.2. The number of rotatable bonds is 4. The Labute approximate surface area is 118 Å². The van der Waals surface area contributed by atoms with Gasteiger partial charge >= 0.3 is 0 Å². The summed E-state index contributed by atoms with van der Waals surface area (Å²) in [4.78, 5) is 24.9. The molecule has 2 amide bonds. The van der Waals surface area contributed by atoms with Crippen LogP contribution in [-0.2, 0) is 4.79 Å². The van der Waals surface area contributed by atoms with Crippen molar-refractivity contribution in [2.24, 2.45) is 0 Å². The van der Waals surface area contributed by atoms with E-state index < -0.39 is 0 Å². The number of likely N-dealkylation sites (N-methyl/N-ethyl adjacent to an activating group) is 1. The van der Waals surface area contributed by atoms with Crippen LogP contribution in [0.1, 0.15) is 22.8 Å². The molecule has 106 valence electrons. The van der Waals surface area contributed by atoms with Gasteiger partial charge < -0.3 is 15.3 Å². The second-order valence-corrected chi connectivity index (χ2v) is 4.13. The molecular formula is C15H18N2O3. The molecule has 0 spiro atoms. The smallest absolute Gasteiger partial charge is 0.251 e. The number of hydrogen-bond donors (Lipinski definition) is 2. The first-order valence-corrected chi connectivity index (χ1v) is 6.30. The van der Waals surface area contributed by atoms with E-state index >= 15 is 0 Å². The van der Waals surface area contributed by atoms with Crippen LogP contribution in [-0.4, -0.2) is 48.6 Å². The molecule has 0 aliphatic heterocycles. The standard InChI is InChI=1S/C15H18N2O3/c1-3-17(2)14(19)11-16-15(20)13-8-6-12(7-9-13)5-4-10-18/h6-9,18H,3,10-11H2,1-2H3,(H,16,20). The van der Waals surface area contributed by atoms with Crippen molar-refractivity contribution in [1.29, 1.82) is 0 Å². The van der Waals surface area contributed by atoms with Gasteiger partial charge in [-0.3, -0.25) is 9.59 Å². The molecule has 0 aliphatic rings. The van der Waals surface area contributed by atoms with Crippen molar-refractivity contribution in [3.05, 3.63) is 35.4 Å². The van der Waals surface area contributed by atoms with Crippen LogP contribution in [0.5, 0.6) is 0 Å². The van der Waals surface area contributed by atoms with E-state index in [-0.39, 0.29) is 25.0 Å². The van der Waals surface area contributed by atoms with E-state index in [1.807, 2.05) is 6.92 Å². The van der Waals surface area contributed by atoms with E-state index in [1.165, 1.54) is 4.90 Å². The number of hydrogen-bond acceptors (Lipinski definition) is 3. The molecule has 5 nitrogen and oxygen atoms in total. The third kappa shape index (κ3) is 4.75. The molecule has 0 unspecified atom stereocenters. The number of carbonyl (C=O) groups excluding carboxylic acids is 2. The lowest BCUT2D eigenvalue weighted by molar-refractivity contribution is -0.128. The summed E-state index contributed by atoms with van der Waals surface area (Å²) < 4.78 is 0. The van der Waals surface area contributed by atoms with Crippen LogP contribution in [0.3, 0.4) is 0 Å². The van der Waals surface area contributed by atoms with E-state index in [1.54, 1.807) is 31.3 Å². The van der Waals surface area contributed by atoms with Crippen molar-refractivity contribution in [2.45, 2.75) is 6.92 Å². The maximum atomic E-state index is 11.8. The number of carbonyl (C=O) groups is 2. The monoisotopic (exact) mass is 274 g/mol. The highest BCUT2D eigenvalue weighted by Gasteiger charge is 2.10. The number of aliphatic hydroxyl groups excluding tert-OH is 1. The quantitative estimate of drug-likeness (QED) is 0.773. The van der Waals surface area contributed by atoms with Gasteiger partial charge in [0.15, 0.2) is 0 Å². The largest absolute Gasteiger partial charge is 0.384 e. The van der Waals surface area contributed by atoms with Gasteiger partial charge in [-0.15, -0.1) is 0 Å². The molecule has 0 atom stereocenters. The predicted octanol–water partition coefficient (Wildman–Crippen LogP) is 0.238. The van der Waals surface area contributed by atoms with Crippen molar-refractivity contribution >= 4 is 11.8 Å². The van der Waals surface area contributed by atoms with Gasteiger partial charge in [0.25, 0.3) is 5.91 Å². The Kier molecular flexibility index (Phi) is 6.27. The van der Waals surface area contributed by atoms with E-state index in [9.17, 15) is 9.59 Å². The molecule has 0 saturated carbocycles. The van der Waals surface area contributed by atoms with Crippen LogP contribution < -0.4 is 5.32 Å². The average Bonchev–Trinajstić information content (AvgIpc) is 2.49. The van der Waals surface area contributed by atoms with Crippen LogP contribution in [0, 0.1) is 11.8 Å². The first kappa shape index (κ1) is 15.7. The number of benzene rings is 1. The predicted molar refractivity (Wildman–Crippen MR) is 76.1 cm³/mol. The molecule has 0 aromatic heterocycles. The average molecular weight is 274 g/mol. The minimum absolute atomic E-state index is 0.0186. The lowest BCUT2D eigenvalue weighted by atomic mass is 10.1. The first-order chi connectivity index (χ1) is 9.58. The number of aliphatic hydroxyl groups is 1. The molecule has 0 saturated heterocycles. The van der Waals surface area contributed by atoms with Gasteiger partial charge in [0.2, 0.25) is 5.91 Å². The number of amides is 2. The maximum absolute atomic E-state index is 11.8. The van der Waals surface area contributed by atoms with Crippen LogP contribution in [0.2, 0.25) is 0 Å². The fraction of sp³-hybridized carbons (Fsp3) is 0.333. The second kappa shape index (κ2) is 7.97. The summed E-state index contributed by atoms with van der Waals surface area (Å²) in [6, 6.07) is 6.64. The van der Waals surface area contributed by atoms with Gasteiger partial charge in [-0.1, -0.05) is 11.8 Å². The zero-order valence-corrected chi connectivity index (χ0v) is 11.6. The highest BCUT2D eigenvalue weighted by Crippen LogP contribution is 2.03. The third-order valence-electron chi connectivity index (χ3n) is 2.76. The summed E-state index contributed by atoms with van der Waals surface area (Å²) in [6.07, 6.45) is 0. The van der Waals surface area contributed by atoms with Crippen molar-refractivity contribution in [2.75, 3.05) is 26.7 Å². The van der Waals surface area contributed by atoms with Crippen molar-refractivity contribution in [3.63, 3.8) is 0 Å². The van der Waals surface area contributed by atoms with Crippen LogP contribution in [0.4, 0.5) is 0 Å². The minimum atomic E-state index is -0.301. The Morgan fingerprint density at radius 1 is 1.30 bits per heavy atom. The topological polar surface area (TPSA) is 69.6 Å². The molecule has 0 fully saturated rings. The molecule has 2 N–H and O–H groups in total. The molecule has 0 bridgehead atoms. The highest BCUT2D eigenvalue weighted by molar-refractivity contribution is 5.96. The van der Waals surface area contributed by atoms with E-state index in [0.29, 0.717) is 12.1 Å². The fourth-order valence-corrected chi connectivity index (χ4v) is 1.42. The number of nitrogens with zero attached hydrogens (tertiary/aromatic N) is 1. The summed E-state index contributed by atoms with van der Waals surface area (Å²) in [7, 11) is 1.68. The van der Waals surface area contributed by atoms with Gasteiger partial charge in [0.1, 0.15) is 6.61 Å². The molecule has 0 radical (unpaired) electrons.